The molecule has 3 atom stereocenters. The highest BCUT2D eigenvalue weighted by atomic mass is 16.4. The van der Waals surface area contributed by atoms with Crippen LogP contribution in [0.25, 0.3) is 0 Å². The quantitative estimate of drug-likeness (QED) is 0.661. The maximum atomic E-state index is 10.3. The normalized spacial score (nSPS) is 18.3. The molecule has 12 heavy (non-hydrogen) atoms. The Morgan fingerprint density at radius 1 is 1.50 bits per heavy atom. The first-order valence-electron chi connectivity index (χ1n) is 4.46. The van der Waals surface area contributed by atoms with Gasteiger partial charge in [-0.15, -0.1) is 0 Å². The van der Waals surface area contributed by atoms with Gasteiger partial charge >= 0.3 is 5.97 Å². The topological polar surface area (TPSA) is 63.3 Å². The minimum atomic E-state index is -0.808. The Morgan fingerprint density at radius 2 is 2.00 bits per heavy atom. The molecule has 0 aromatic heterocycles. The van der Waals surface area contributed by atoms with Crippen LogP contribution in [0.5, 0.6) is 0 Å². The Morgan fingerprint density at radius 3 is 2.33 bits per heavy atom. The van der Waals surface area contributed by atoms with Crippen LogP contribution in [-0.4, -0.2) is 17.1 Å². The van der Waals surface area contributed by atoms with Crippen molar-refractivity contribution in [3.05, 3.63) is 0 Å². The van der Waals surface area contributed by atoms with E-state index in [1.165, 1.54) is 0 Å². The third kappa shape index (κ3) is 3.72. The Bertz CT molecular complexity index is 147. The van der Waals surface area contributed by atoms with Crippen molar-refractivity contribution >= 4 is 5.97 Å². The Labute approximate surface area is 74.0 Å². The molecule has 0 aliphatic rings. The molecular weight excluding hydrogens is 154 g/mol. The first-order valence-corrected chi connectivity index (χ1v) is 4.46. The molecule has 0 saturated heterocycles. The lowest BCUT2D eigenvalue weighted by Crippen LogP contribution is -2.34. The zero-order valence-electron chi connectivity index (χ0n) is 8.08. The number of carboxylic acid groups (broad SMARTS) is 1. The zero-order chi connectivity index (χ0) is 9.72. The van der Waals surface area contributed by atoms with Crippen molar-refractivity contribution in [2.24, 2.45) is 17.6 Å². The maximum Gasteiger partial charge on any atom is 0.304 e. The first kappa shape index (κ1) is 11.4. The molecule has 0 saturated carbocycles. The van der Waals surface area contributed by atoms with E-state index in [1.807, 2.05) is 6.92 Å². The Hall–Kier alpha value is -0.570. The van der Waals surface area contributed by atoms with Crippen LogP contribution in [0, 0.1) is 11.8 Å². The highest BCUT2D eigenvalue weighted by Gasteiger charge is 2.20. The van der Waals surface area contributed by atoms with Crippen LogP contribution in [0.4, 0.5) is 0 Å². The third-order valence-electron chi connectivity index (χ3n) is 2.63. The fourth-order valence-electron chi connectivity index (χ4n) is 1.18. The van der Waals surface area contributed by atoms with Crippen LogP contribution in [0.1, 0.15) is 33.6 Å². The molecule has 0 fully saturated rings. The molecule has 0 radical (unpaired) electrons. The molecule has 0 heterocycles. The smallest absolute Gasteiger partial charge is 0.304 e. The van der Waals surface area contributed by atoms with Crippen molar-refractivity contribution in [3.8, 4) is 0 Å². The number of carboxylic acids is 1. The van der Waals surface area contributed by atoms with Gasteiger partial charge in [-0.2, -0.15) is 0 Å². The number of aliphatic carboxylic acids is 1. The van der Waals surface area contributed by atoms with E-state index in [4.69, 9.17) is 10.8 Å². The predicted octanol–water partition coefficient (Wildman–Crippen LogP) is 1.47. The molecule has 72 valence electrons. The molecule has 0 aromatic carbocycles. The van der Waals surface area contributed by atoms with Crippen molar-refractivity contribution in [1.82, 2.24) is 0 Å². The minimum absolute atomic E-state index is 0.0749. The van der Waals surface area contributed by atoms with Crippen LogP contribution < -0.4 is 5.73 Å². The lowest BCUT2D eigenvalue weighted by molar-refractivity contribution is -0.137. The summed E-state index contributed by atoms with van der Waals surface area (Å²) in [4.78, 5) is 10.3. The zero-order valence-corrected chi connectivity index (χ0v) is 8.08. The van der Waals surface area contributed by atoms with E-state index in [-0.39, 0.29) is 18.4 Å². The lowest BCUT2D eigenvalue weighted by Gasteiger charge is -2.23. The number of carbonyl (C=O) groups is 1. The van der Waals surface area contributed by atoms with Gasteiger partial charge in [0.2, 0.25) is 0 Å². The van der Waals surface area contributed by atoms with Crippen molar-refractivity contribution in [2.45, 2.75) is 39.7 Å². The fraction of sp³-hybridized carbons (Fsp3) is 0.889. The summed E-state index contributed by atoms with van der Waals surface area (Å²) in [6, 6.07) is -0.211. The number of hydrogen-bond donors (Lipinski definition) is 2. The van der Waals surface area contributed by atoms with E-state index in [0.29, 0.717) is 5.92 Å². The van der Waals surface area contributed by atoms with E-state index in [2.05, 4.69) is 13.8 Å². The summed E-state index contributed by atoms with van der Waals surface area (Å²) in [7, 11) is 0. The largest absolute Gasteiger partial charge is 0.481 e. The molecule has 0 aliphatic carbocycles. The maximum absolute atomic E-state index is 10.3. The molecule has 0 rings (SSSR count). The predicted molar refractivity (Wildman–Crippen MR) is 48.8 cm³/mol. The summed E-state index contributed by atoms with van der Waals surface area (Å²) < 4.78 is 0. The van der Waals surface area contributed by atoms with Crippen LogP contribution >= 0.6 is 0 Å². The highest BCUT2D eigenvalue weighted by Crippen LogP contribution is 2.18. The second-order valence-electron chi connectivity index (χ2n) is 3.51. The second-order valence-corrected chi connectivity index (χ2v) is 3.51. The van der Waals surface area contributed by atoms with Gasteiger partial charge in [-0.05, 0) is 11.8 Å². The van der Waals surface area contributed by atoms with Crippen molar-refractivity contribution in [1.29, 1.82) is 0 Å². The molecule has 0 aliphatic heterocycles. The molecule has 0 amide bonds. The molecule has 0 spiro atoms. The van der Waals surface area contributed by atoms with E-state index in [0.717, 1.165) is 6.42 Å². The molecule has 0 aromatic rings. The van der Waals surface area contributed by atoms with Gasteiger partial charge in [0.25, 0.3) is 0 Å². The lowest BCUT2D eigenvalue weighted by atomic mass is 9.86. The standard InChI is InChI=1S/C9H19NO2/c1-4-6(2)7(3)8(10)5-9(11)12/h6-8H,4-5,10H2,1-3H3,(H,11,12)/t6-,7-,8+/m1/s1. The summed E-state index contributed by atoms with van der Waals surface area (Å²) in [5.41, 5.74) is 5.71. The monoisotopic (exact) mass is 173 g/mol. The van der Waals surface area contributed by atoms with Gasteiger partial charge in [-0.25, -0.2) is 0 Å². The van der Waals surface area contributed by atoms with Crippen LogP contribution in [0.2, 0.25) is 0 Å². The van der Waals surface area contributed by atoms with E-state index in [1.54, 1.807) is 0 Å². The molecule has 3 heteroatoms. The van der Waals surface area contributed by atoms with Crippen LogP contribution in [0.3, 0.4) is 0 Å². The molecule has 3 nitrogen and oxygen atoms in total. The van der Waals surface area contributed by atoms with Gasteiger partial charge in [0.05, 0.1) is 6.42 Å². The van der Waals surface area contributed by atoms with Gasteiger partial charge in [0.1, 0.15) is 0 Å². The van der Waals surface area contributed by atoms with Gasteiger partial charge in [0, 0.05) is 6.04 Å². The third-order valence-corrected chi connectivity index (χ3v) is 2.63. The van der Waals surface area contributed by atoms with E-state index >= 15 is 0 Å². The summed E-state index contributed by atoms with van der Waals surface area (Å²) in [6.07, 6.45) is 1.12. The first-order chi connectivity index (χ1) is 5.49. The van der Waals surface area contributed by atoms with Crippen molar-refractivity contribution in [3.63, 3.8) is 0 Å². The van der Waals surface area contributed by atoms with Crippen LogP contribution in [-0.2, 0) is 4.79 Å². The SMILES string of the molecule is CC[C@@H](C)[C@@H](C)[C@@H](N)CC(=O)O. The number of hydrogen-bond acceptors (Lipinski definition) is 2. The fourth-order valence-corrected chi connectivity index (χ4v) is 1.18. The molecule has 0 bridgehead atoms. The summed E-state index contributed by atoms with van der Waals surface area (Å²) >= 11 is 0. The highest BCUT2D eigenvalue weighted by molar-refractivity contribution is 5.67. The average molecular weight is 173 g/mol. The van der Waals surface area contributed by atoms with Crippen molar-refractivity contribution in [2.75, 3.05) is 0 Å². The van der Waals surface area contributed by atoms with Crippen molar-refractivity contribution < 1.29 is 9.90 Å². The summed E-state index contributed by atoms with van der Waals surface area (Å²) in [6.45, 7) is 6.21. The number of nitrogens with two attached hydrogens (primary N) is 1. The summed E-state index contributed by atoms with van der Waals surface area (Å²) in [5, 5.41) is 8.51. The van der Waals surface area contributed by atoms with Gasteiger partial charge in [0.15, 0.2) is 0 Å². The van der Waals surface area contributed by atoms with E-state index < -0.39 is 5.97 Å². The number of rotatable bonds is 5. The molecule has 3 N–H and O–H groups in total. The van der Waals surface area contributed by atoms with Gasteiger partial charge in [-0.1, -0.05) is 27.2 Å². The molecule has 0 unspecified atom stereocenters. The minimum Gasteiger partial charge on any atom is -0.481 e. The Kier molecular flexibility index (Phi) is 4.90. The van der Waals surface area contributed by atoms with Gasteiger partial charge in [-0.3, -0.25) is 4.79 Å². The van der Waals surface area contributed by atoms with Gasteiger partial charge < -0.3 is 10.8 Å². The second kappa shape index (κ2) is 5.14. The summed E-state index contributed by atoms with van der Waals surface area (Å²) in [5.74, 6) is -0.0249. The van der Waals surface area contributed by atoms with E-state index in [9.17, 15) is 4.79 Å². The molecular formula is C9H19NO2. The van der Waals surface area contributed by atoms with Crippen LogP contribution in [0.15, 0.2) is 0 Å². The average Bonchev–Trinajstić information content (AvgIpc) is 2.00. The Balaban J connectivity index is 3.91.